The molecule has 0 amide bonds. The summed E-state index contributed by atoms with van der Waals surface area (Å²) in [4.78, 5) is 0. The van der Waals surface area contributed by atoms with Crippen LogP contribution in [0.2, 0.25) is 5.02 Å². The number of benzene rings is 2. The van der Waals surface area contributed by atoms with Crippen molar-refractivity contribution in [2.24, 2.45) is 0 Å². The van der Waals surface area contributed by atoms with Gasteiger partial charge < -0.3 is 10.1 Å². The molecule has 1 N–H and O–H groups in total. The van der Waals surface area contributed by atoms with Crippen molar-refractivity contribution >= 4 is 33.2 Å². The lowest BCUT2D eigenvalue weighted by molar-refractivity contribution is 0.331. The van der Waals surface area contributed by atoms with Crippen LogP contribution in [0.25, 0.3) is 5.69 Å². The number of tetrazole rings is 1. The Kier molecular flexibility index (Phi) is 5.09. The molecule has 8 heteroatoms. The first-order valence-electron chi connectivity index (χ1n) is 6.87. The lowest BCUT2D eigenvalue weighted by atomic mass is 10.3. The van der Waals surface area contributed by atoms with E-state index in [1.54, 1.807) is 17.1 Å². The first kappa shape index (κ1) is 15.8. The van der Waals surface area contributed by atoms with Crippen molar-refractivity contribution in [2.45, 2.75) is 0 Å². The van der Waals surface area contributed by atoms with Gasteiger partial charge in [0.05, 0.1) is 10.2 Å². The van der Waals surface area contributed by atoms with Crippen molar-refractivity contribution in [2.75, 3.05) is 18.5 Å². The molecule has 0 saturated heterocycles. The summed E-state index contributed by atoms with van der Waals surface area (Å²) in [6.45, 7) is 1.22. The zero-order valence-corrected chi connectivity index (χ0v) is 14.3. The van der Waals surface area contributed by atoms with E-state index >= 15 is 0 Å². The average molecular weight is 395 g/mol. The van der Waals surface area contributed by atoms with Crippen LogP contribution >= 0.6 is 27.5 Å². The van der Waals surface area contributed by atoms with Crippen molar-refractivity contribution in [1.29, 1.82) is 0 Å². The molecule has 23 heavy (non-hydrogen) atoms. The topological polar surface area (TPSA) is 64.9 Å². The smallest absolute Gasteiger partial charge is 0.143 e. The summed E-state index contributed by atoms with van der Waals surface area (Å²) in [5, 5.41) is 15.0. The highest BCUT2D eigenvalue weighted by atomic mass is 79.9. The monoisotopic (exact) mass is 393 g/mol. The van der Waals surface area contributed by atoms with Gasteiger partial charge in [-0.25, -0.2) is 4.68 Å². The van der Waals surface area contributed by atoms with Crippen molar-refractivity contribution in [3.63, 3.8) is 0 Å². The number of nitrogens with one attached hydrogen (secondary N) is 1. The molecule has 6 nitrogen and oxygen atoms in total. The van der Waals surface area contributed by atoms with Crippen LogP contribution in [0.4, 0.5) is 5.69 Å². The van der Waals surface area contributed by atoms with Gasteiger partial charge in [0, 0.05) is 17.3 Å². The standard InChI is InChI=1S/C15H13BrClN5O/c16-14-9-11(17)1-6-15(14)23-8-7-18-12-2-4-13(5-3-12)22-10-19-20-21-22/h1-6,9-10,18H,7-8H2. The quantitative estimate of drug-likeness (QED) is 0.648. The van der Waals surface area contributed by atoms with Crippen LogP contribution in [0.15, 0.2) is 53.3 Å². The van der Waals surface area contributed by atoms with Crippen LogP contribution in [0.1, 0.15) is 0 Å². The predicted octanol–water partition coefficient (Wildman–Crippen LogP) is 3.57. The molecule has 0 unspecified atom stereocenters. The van der Waals surface area contributed by atoms with Crippen molar-refractivity contribution in [3.8, 4) is 11.4 Å². The normalized spacial score (nSPS) is 10.5. The highest BCUT2D eigenvalue weighted by molar-refractivity contribution is 9.10. The predicted molar refractivity (Wildman–Crippen MR) is 92.3 cm³/mol. The molecule has 0 bridgehead atoms. The number of hydrogen-bond acceptors (Lipinski definition) is 5. The third-order valence-corrected chi connectivity index (χ3v) is 3.92. The molecule has 0 aliphatic rings. The van der Waals surface area contributed by atoms with E-state index in [1.807, 2.05) is 36.4 Å². The number of rotatable bonds is 6. The number of ether oxygens (including phenoxy) is 1. The second kappa shape index (κ2) is 7.43. The average Bonchev–Trinajstić information content (AvgIpc) is 3.08. The number of hydrogen-bond donors (Lipinski definition) is 1. The van der Waals surface area contributed by atoms with Crippen molar-refractivity contribution < 1.29 is 4.74 Å². The lowest BCUT2D eigenvalue weighted by Gasteiger charge is -2.10. The summed E-state index contributed by atoms with van der Waals surface area (Å²) in [6, 6.07) is 13.3. The Balaban J connectivity index is 1.49. The maximum Gasteiger partial charge on any atom is 0.143 e. The van der Waals surface area contributed by atoms with E-state index < -0.39 is 0 Å². The summed E-state index contributed by atoms with van der Waals surface area (Å²) < 4.78 is 8.14. The third kappa shape index (κ3) is 4.20. The van der Waals surface area contributed by atoms with Gasteiger partial charge in [-0.15, -0.1) is 5.10 Å². The molecule has 0 aliphatic carbocycles. The second-order valence-corrected chi connectivity index (χ2v) is 5.94. The largest absolute Gasteiger partial charge is 0.491 e. The van der Waals surface area contributed by atoms with E-state index in [9.17, 15) is 0 Å². The molecule has 0 spiro atoms. The number of nitrogens with zero attached hydrogens (tertiary/aromatic N) is 4. The van der Waals surface area contributed by atoms with Gasteiger partial charge in [-0.1, -0.05) is 11.6 Å². The molecule has 0 aliphatic heterocycles. The fourth-order valence-electron chi connectivity index (χ4n) is 1.96. The highest BCUT2D eigenvalue weighted by Crippen LogP contribution is 2.27. The molecule has 0 atom stereocenters. The molecule has 0 fully saturated rings. The SMILES string of the molecule is Clc1ccc(OCCNc2ccc(-n3cnnn3)cc2)c(Br)c1. The van der Waals surface area contributed by atoms with Crippen LogP contribution in [0.3, 0.4) is 0 Å². The van der Waals surface area contributed by atoms with Crippen LogP contribution < -0.4 is 10.1 Å². The first-order valence-corrected chi connectivity index (χ1v) is 8.04. The highest BCUT2D eigenvalue weighted by Gasteiger charge is 2.02. The molecular weight excluding hydrogens is 382 g/mol. The van der Waals surface area contributed by atoms with Gasteiger partial charge in [0.15, 0.2) is 0 Å². The molecule has 3 aromatic rings. The fraction of sp³-hybridized carbons (Fsp3) is 0.133. The minimum Gasteiger partial charge on any atom is -0.491 e. The summed E-state index contributed by atoms with van der Waals surface area (Å²) in [6.07, 6.45) is 1.56. The molecule has 1 aromatic heterocycles. The maximum atomic E-state index is 5.90. The van der Waals surface area contributed by atoms with Crippen LogP contribution in [0, 0.1) is 0 Å². The van der Waals surface area contributed by atoms with Crippen molar-refractivity contribution in [1.82, 2.24) is 20.2 Å². The summed E-state index contributed by atoms with van der Waals surface area (Å²) >= 11 is 9.32. The number of anilines is 1. The zero-order chi connectivity index (χ0) is 16.1. The second-order valence-electron chi connectivity index (χ2n) is 4.65. The van der Waals surface area contributed by atoms with E-state index in [2.05, 4.69) is 36.8 Å². The van der Waals surface area contributed by atoms with Gasteiger partial charge in [-0.3, -0.25) is 0 Å². The minimum atomic E-state index is 0.537. The molecule has 2 aromatic carbocycles. The van der Waals surface area contributed by atoms with Crippen LogP contribution in [0.5, 0.6) is 5.75 Å². The third-order valence-electron chi connectivity index (χ3n) is 3.06. The summed E-state index contributed by atoms with van der Waals surface area (Å²) in [5.41, 5.74) is 1.91. The Morgan fingerprint density at radius 3 is 2.70 bits per heavy atom. The van der Waals surface area contributed by atoms with E-state index in [0.717, 1.165) is 21.6 Å². The van der Waals surface area contributed by atoms with Gasteiger partial charge >= 0.3 is 0 Å². The zero-order valence-electron chi connectivity index (χ0n) is 12.0. The molecule has 118 valence electrons. The van der Waals surface area contributed by atoms with Gasteiger partial charge in [-0.2, -0.15) is 0 Å². The number of halogens is 2. The Hall–Kier alpha value is -2.12. The van der Waals surface area contributed by atoms with Gasteiger partial charge in [-0.05, 0) is 68.8 Å². The lowest BCUT2D eigenvalue weighted by Crippen LogP contribution is -2.11. The van der Waals surface area contributed by atoms with Crippen LogP contribution in [-0.2, 0) is 0 Å². The summed E-state index contributed by atoms with van der Waals surface area (Å²) in [7, 11) is 0. The first-order chi connectivity index (χ1) is 11.2. The van der Waals surface area contributed by atoms with Gasteiger partial charge in [0.2, 0.25) is 0 Å². The molecular formula is C15H13BrClN5O. The molecule has 0 saturated carbocycles. The van der Waals surface area contributed by atoms with Gasteiger partial charge in [0.25, 0.3) is 0 Å². The van der Waals surface area contributed by atoms with Crippen molar-refractivity contribution in [3.05, 3.63) is 58.3 Å². The van der Waals surface area contributed by atoms with Gasteiger partial charge in [0.1, 0.15) is 18.7 Å². The minimum absolute atomic E-state index is 0.537. The van der Waals surface area contributed by atoms with E-state index in [0.29, 0.717) is 18.2 Å². The Labute approximate surface area is 146 Å². The van der Waals surface area contributed by atoms with E-state index in [4.69, 9.17) is 16.3 Å². The van der Waals surface area contributed by atoms with Crippen LogP contribution in [-0.4, -0.2) is 33.4 Å². The molecule has 3 rings (SSSR count). The van der Waals surface area contributed by atoms with E-state index in [-0.39, 0.29) is 0 Å². The van der Waals surface area contributed by atoms with E-state index in [1.165, 1.54) is 0 Å². The fourth-order valence-corrected chi connectivity index (χ4v) is 2.76. The Morgan fingerprint density at radius 2 is 2.00 bits per heavy atom. The Morgan fingerprint density at radius 1 is 1.17 bits per heavy atom. The summed E-state index contributed by atoms with van der Waals surface area (Å²) in [5.74, 6) is 0.769. The number of aromatic nitrogens is 4. The Bertz CT molecular complexity index is 764. The molecule has 0 radical (unpaired) electrons. The molecule has 1 heterocycles. The maximum absolute atomic E-state index is 5.90.